The summed E-state index contributed by atoms with van der Waals surface area (Å²) in [5, 5.41) is 2.81. The number of quaternary nitrogens is 1. The van der Waals surface area contributed by atoms with E-state index < -0.39 is 11.7 Å². The standard InChI is InChI=1S/C15H19N3O3/c1-10(2)16-13(19)8-17(3)9-18-12-7-5-4-6-11(12)14(20)15(18)21/h4-7,10H,8-9H2,1-3H3,(H,16,19)/p+1. The molecule has 0 aliphatic carbocycles. The summed E-state index contributed by atoms with van der Waals surface area (Å²) in [6, 6.07) is 7.01. The second-order valence-corrected chi connectivity index (χ2v) is 5.59. The van der Waals surface area contributed by atoms with Crippen molar-refractivity contribution in [1.29, 1.82) is 0 Å². The van der Waals surface area contributed by atoms with Gasteiger partial charge in [-0.1, -0.05) is 12.1 Å². The number of anilines is 1. The summed E-state index contributed by atoms with van der Waals surface area (Å²) in [4.78, 5) is 37.9. The zero-order valence-corrected chi connectivity index (χ0v) is 12.5. The molecule has 2 N–H and O–H groups in total. The van der Waals surface area contributed by atoms with E-state index in [0.29, 0.717) is 11.3 Å². The molecular weight excluding hydrogens is 270 g/mol. The van der Waals surface area contributed by atoms with Crippen LogP contribution < -0.4 is 15.1 Å². The number of Topliss-reactive ketones (excluding diaryl/α,β-unsaturated/α-hetero) is 1. The maximum absolute atomic E-state index is 12.0. The number of hydrogen-bond donors (Lipinski definition) is 2. The third-order valence-corrected chi connectivity index (χ3v) is 3.22. The summed E-state index contributed by atoms with van der Waals surface area (Å²) >= 11 is 0. The Morgan fingerprint density at radius 3 is 2.62 bits per heavy atom. The van der Waals surface area contributed by atoms with E-state index >= 15 is 0 Å². The molecule has 1 aromatic rings. The van der Waals surface area contributed by atoms with E-state index in [0.717, 1.165) is 4.90 Å². The highest BCUT2D eigenvalue weighted by Gasteiger charge is 2.37. The van der Waals surface area contributed by atoms with Crippen molar-refractivity contribution in [3.05, 3.63) is 29.8 Å². The van der Waals surface area contributed by atoms with Crippen molar-refractivity contribution in [2.75, 3.05) is 25.2 Å². The highest BCUT2D eigenvalue weighted by atomic mass is 16.2. The topological polar surface area (TPSA) is 70.9 Å². The molecule has 0 saturated carbocycles. The number of amides is 2. The molecule has 0 saturated heterocycles. The first-order valence-corrected chi connectivity index (χ1v) is 6.96. The van der Waals surface area contributed by atoms with Gasteiger partial charge in [-0.05, 0) is 26.0 Å². The number of carbonyl (C=O) groups is 3. The van der Waals surface area contributed by atoms with E-state index in [1.807, 2.05) is 20.9 Å². The minimum absolute atomic E-state index is 0.0752. The van der Waals surface area contributed by atoms with Crippen molar-refractivity contribution in [3.8, 4) is 0 Å². The van der Waals surface area contributed by atoms with Crippen LogP contribution in [0.15, 0.2) is 24.3 Å². The number of hydrogen-bond acceptors (Lipinski definition) is 3. The summed E-state index contributed by atoms with van der Waals surface area (Å²) in [7, 11) is 1.82. The van der Waals surface area contributed by atoms with Gasteiger partial charge in [-0.2, -0.15) is 0 Å². The molecule has 1 unspecified atom stereocenters. The highest BCUT2D eigenvalue weighted by molar-refractivity contribution is 6.52. The maximum atomic E-state index is 12.0. The van der Waals surface area contributed by atoms with Crippen molar-refractivity contribution in [2.24, 2.45) is 0 Å². The summed E-state index contributed by atoms with van der Waals surface area (Å²) < 4.78 is 0. The normalized spacial score (nSPS) is 15.3. The van der Waals surface area contributed by atoms with E-state index in [1.54, 1.807) is 24.3 Å². The van der Waals surface area contributed by atoms with Crippen molar-refractivity contribution in [3.63, 3.8) is 0 Å². The molecule has 112 valence electrons. The van der Waals surface area contributed by atoms with Gasteiger partial charge < -0.3 is 10.2 Å². The largest absolute Gasteiger partial charge is 0.349 e. The first-order valence-electron chi connectivity index (χ1n) is 6.96. The summed E-state index contributed by atoms with van der Waals surface area (Å²) in [6.07, 6.45) is 0. The predicted molar refractivity (Wildman–Crippen MR) is 78.2 cm³/mol. The summed E-state index contributed by atoms with van der Waals surface area (Å²) in [6.45, 7) is 4.32. The van der Waals surface area contributed by atoms with Gasteiger partial charge in [-0.3, -0.25) is 19.3 Å². The van der Waals surface area contributed by atoms with Gasteiger partial charge in [0.25, 0.3) is 11.7 Å². The van der Waals surface area contributed by atoms with Crippen LogP contribution in [0.4, 0.5) is 5.69 Å². The fourth-order valence-electron chi connectivity index (χ4n) is 2.38. The summed E-state index contributed by atoms with van der Waals surface area (Å²) in [5.41, 5.74) is 1.05. The number of benzene rings is 1. The fourth-order valence-corrected chi connectivity index (χ4v) is 2.38. The van der Waals surface area contributed by atoms with Crippen molar-refractivity contribution in [2.45, 2.75) is 19.9 Å². The Morgan fingerprint density at radius 1 is 1.29 bits per heavy atom. The van der Waals surface area contributed by atoms with Crippen LogP contribution in [0, 0.1) is 0 Å². The summed E-state index contributed by atoms with van der Waals surface area (Å²) in [5.74, 6) is -1.08. The molecule has 1 aromatic carbocycles. The lowest BCUT2D eigenvalue weighted by atomic mass is 10.1. The average molecular weight is 290 g/mol. The van der Waals surface area contributed by atoms with Crippen LogP contribution in [0.1, 0.15) is 24.2 Å². The van der Waals surface area contributed by atoms with Gasteiger partial charge in [0.15, 0.2) is 13.2 Å². The number of rotatable bonds is 5. The van der Waals surface area contributed by atoms with Crippen LogP contribution in [0.25, 0.3) is 0 Å². The number of nitrogens with zero attached hydrogens (tertiary/aromatic N) is 1. The molecule has 0 fully saturated rings. The highest BCUT2D eigenvalue weighted by Crippen LogP contribution is 2.27. The number of ketones is 1. The molecule has 21 heavy (non-hydrogen) atoms. The van der Waals surface area contributed by atoms with Crippen LogP contribution in [0.3, 0.4) is 0 Å². The monoisotopic (exact) mass is 290 g/mol. The molecule has 0 aromatic heterocycles. The van der Waals surface area contributed by atoms with E-state index in [-0.39, 0.29) is 25.2 Å². The number of carbonyl (C=O) groups excluding carboxylic acids is 3. The Labute approximate surface area is 123 Å². The van der Waals surface area contributed by atoms with Gasteiger partial charge >= 0.3 is 5.91 Å². The second kappa shape index (κ2) is 6.05. The van der Waals surface area contributed by atoms with Crippen LogP contribution in [0.5, 0.6) is 0 Å². The molecule has 1 aliphatic rings. The minimum atomic E-state index is -0.528. The Bertz CT molecular complexity index is 583. The first-order chi connectivity index (χ1) is 9.90. The quantitative estimate of drug-likeness (QED) is 0.698. The average Bonchev–Trinajstić information content (AvgIpc) is 2.63. The lowest BCUT2D eigenvalue weighted by Gasteiger charge is -2.21. The van der Waals surface area contributed by atoms with Gasteiger partial charge in [0.05, 0.1) is 18.3 Å². The molecule has 0 spiro atoms. The lowest BCUT2D eigenvalue weighted by Crippen LogP contribution is -3.12. The van der Waals surface area contributed by atoms with Crippen LogP contribution in [0.2, 0.25) is 0 Å². The molecule has 0 bridgehead atoms. The Balaban J connectivity index is 2.05. The molecule has 6 nitrogen and oxygen atoms in total. The Kier molecular flexibility index (Phi) is 4.37. The van der Waals surface area contributed by atoms with Gasteiger partial charge in [0, 0.05) is 6.04 Å². The lowest BCUT2D eigenvalue weighted by molar-refractivity contribution is -0.869. The van der Waals surface area contributed by atoms with E-state index in [2.05, 4.69) is 5.32 Å². The number of likely N-dealkylation sites (N-methyl/N-ethyl adjacent to an activating group) is 1. The molecule has 1 atom stereocenters. The molecule has 0 radical (unpaired) electrons. The number of nitrogens with one attached hydrogen (secondary N) is 2. The predicted octanol–water partition coefficient (Wildman–Crippen LogP) is -0.787. The SMILES string of the molecule is CC(C)NC(=O)C[NH+](C)CN1C(=O)C(=O)c2ccccc21. The minimum Gasteiger partial charge on any atom is -0.349 e. The third kappa shape index (κ3) is 3.28. The third-order valence-electron chi connectivity index (χ3n) is 3.22. The van der Waals surface area contributed by atoms with Crippen LogP contribution in [-0.2, 0) is 9.59 Å². The molecule has 2 rings (SSSR count). The van der Waals surface area contributed by atoms with Crippen molar-refractivity contribution in [1.82, 2.24) is 5.32 Å². The van der Waals surface area contributed by atoms with E-state index in [9.17, 15) is 14.4 Å². The van der Waals surface area contributed by atoms with Crippen LogP contribution >= 0.6 is 0 Å². The molecule has 2 amide bonds. The number of para-hydroxylation sites is 1. The second-order valence-electron chi connectivity index (χ2n) is 5.59. The van der Waals surface area contributed by atoms with Gasteiger partial charge in [-0.15, -0.1) is 0 Å². The molecule has 6 heteroatoms. The van der Waals surface area contributed by atoms with Gasteiger partial charge in [-0.25, -0.2) is 0 Å². The first kappa shape index (κ1) is 15.2. The van der Waals surface area contributed by atoms with E-state index in [1.165, 1.54) is 4.90 Å². The smallest absolute Gasteiger partial charge is 0.303 e. The maximum Gasteiger partial charge on any atom is 0.303 e. The Morgan fingerprint density at radius 2 is 1.95 bits per heavy atom. The zero-order valence-electron chi connectivity index (χ0n) is 12.5. The molecular formula is C15H20N3O3+. The van der Waals surface area contributed by atoms with E-state index in [4.69, 9.17) is 0 Å². The number of fused-ring (bicyclic) bond motifs is 1. The van der Waals surface area contributed by atoms with Crippen LogP contribution in [-0.4, -0.2) is 43.9 Å². The zero-order chi connectivity index (χ0) is 15.6. The van der Waals surface area contributed by atoms with Crippen molar-refractivity contribution >= 4 is 23.3 Å². The fraction of sp³-hybridized carbons (Fsp3) is 0.400. The molecule has 1 heterocycles. The van der Waals surface area contributed by atoms with Gasteiger partial charge in [0.2, 0.25) is 0 Å². The van der Waals surface area contributed by atoms with Gasteiger partial charge in [0.1, 0.15) is 0 Å². The van der Waals surface area contributed by atoms with Crippen molar-refractivity contribution < 1.29 is 19.3 Å². The Hall–Kier alpha value is -2.21. The molecule has 1 aliphatic heterocycles.